The van der Waals surface area contributed by atoms with Crippen molar-refractivity contribution in [2.75, 3.05) is 0 Å². The number of hydrogen-bond acceptors (Lipinski definition) is 4. The van der Waals surface area contributed by atoms with Gasteiger partial charge in [0.05, 0.1) is 12.0 Å². The predicted molar refractivity (Wildman–Crippen MR) is 58.6 cm³/mol. The van der Waals surface area contributed by atoms with E-state index in [0.29, 0.717) is 12.2 Å². The van der Waals surface area contributed by atoms with Gasteiger partial charge in [-0.3, -0.25) is 0 Å². The molecule has 0 radical (unpaired) electrons. The summed E-state index contributed by atoms with van der Waals surface area (Å²) < 4.78 is 3.57. The largest absolute Gasteiger partial charge is 0.476 e. The first-order chi connectivity index (χ1) is 8.18. The number of rotatable bonds is 5. The minimum absolute atomic E-state index is 0.0210. The van der Waals surface area contributed by atoms with Crippen LogP contribution >= 0.6 is 0 Å². The van der Waals surface area contributed by atoms with Gasteiger partial charge in [-0.2, -0.15) is 0 Å². The maximum absolute atomic E-state index is 10.8. The van der Waals surface area contributed by atoms with Crippen LogP contribution in [0.5, 0.6) is 0 Å². The van der Waals surface area contributed by atoms with Gasteiger partial charge in [0.1, 0.15) is 0 Å². The minimum Gasteiger partial charge on any atom is -0.476 e. The van der Waals surface area contributed by atoms with Crippen LogP contribution in [-0.2, 0) is 13.1 Å². The van der Waals surface area contributed by atoms with Crippen LogP contribution in [0.15, 0.2) is 18.7 Å². The number of carboxylic acids is 1. The molecular formula is C10H13N5O2. The fourth-order valence-corrected chi connectivity index (χ4v) is 1.59. The lowest BCUT2D eigenvalue weighted by molar-refractivity contribution is 0.0689. The van der Waals surface area contributed by atoms with E-state index < -0.39 is 5.97 Å². The molecule has 2 aromatic rings. The molecule has 7 heteroatoms. The number of carbonyl (C=O) groups is 1. The number of aromatic carboxylic acids is 1. The zero-order chi connectivity index (χ0) is 12.3. The molecule has 0 aliphatic heterocycles. The third-order valence-electron chi connectivity index (χ3n) is 2.53. The van der Waals surface area contributed by atoms with Gasteiger partial charge in [-0.05, 0) is 13.3 Å². The van der Waals surface area contributed by atoms with Crippen molar-refractivity contribution < 1.29 is 9.90 Å². The average molecular weight is 235 g/mol. The van der Waals surface area contributed by atoms with Crippen molar-refractivity contribution in [1.82, 2.24) is 24.5 Å². The summed E-state index contributed by atoms with van der Waals surface area (Å²) in [5, 5.41) is 16.3. The molecule has 17 heavy (non-hydrogen) atoms. The molecule has 0 fully saturated rings. The molecule has 1 N–H and O–H groups in total. The van der Waals surface area contributed by atoms with Crippen LogP contribution in [0.25, 0.3) is 0 Å². The second-order valence-corrected chi connectivity index (χ2v) is 3.71. The van der Waals surface area contributed by atoms with Crippen molar-refractivity contribution in [2.24, 2.45) is 0 Å². The summed E-state index contributed by atoms with van der Waals surface area (Å²) in [6.45, 7) is 3.17. The van der Waals surface area contributed by atoms with Gasteiger partial charge in [0.25, 0.3) is 0 Å². The van der Waals surface area contributed by atoms with E-state index in [1.807, 2.05) is 10.8 Å². The number of carboxylic acid groups (broad SMARTS) is 1. The van der Waals surface area contributed by atoms with Crippen LogP contribution < -0.4 is 0 Å². The summed E-state index contributed by atoms with van der Waals surface area (Å²) in [5.41, 5.74) is 0.607. The maximum atomic E-state index is 10.8. The molecule has 90 valence electrons. The van der Waals surface area contributed by atoms with Gasteiger partial charge in [0.15, 0.2) is 5.69 Å². The number of nitrogens with zero attached hydrogens (tertiary/aromatic N) is 5. The smallest absolute Gasteiger partial charge is 0.358 e. The molecule has 0 atom stereocenters. The molecule has 0 aromatic carbocycles. The van der Waals surface area contributed by atoms with Gasteiger partial charge in [0, 0.05) is 25.5 Å². The zero-order valence-corrected chi connectivity index (χ0v) is 9.44. The molecule has 0 bridgehead atoms. The van der Waals surface area contributed by atoms with E-state index in [4.69, 9.17) is 5.11 Å². The lowest BCUT2D eigenvalue weighted by Gasteiger charge is -2.03. The van der Waals surface area contributed by atoms with Gasteiger partial charge < -0.3 is 9.67 Å². The highest BCUT2D eigenvalue weighted by Crippen LogP contribution is 2.04. The Bertz CT molecular complexity index is 503. The number of imidazole rings is 1. The summed E-state index contributed by atoms with van der Waals surface area (Å²) in [4.78, 5) is 14.7. The Morgan fingerprint density at radius 3 is 2.88 bits per heavy atom. The van der Waals surface area contributed by atoms with E-state index in [0.717, 1.165) is 13.0 Å². The van der Waals surface area contributed by atoms with Gasteiger partial charge in [-0.15, -0.1) is 5.10 Å². The lowest BCUT2D eigenvalue weighted by Crippen LogP contribution is -2.07. The summed E-state index contributed by atoms with van der Waals surface area (Å²) >= 11 is 0. The first-order valence-electron chi connectivity index (χ1n) is 5.27. The Labute approximate surface area is 97.7 Å². The van der Waals surface area contributed by atoms with Crippen molar-refractivity contribution in [3.8, 4) is 0 Å². The molecule has 0 unspecified atom stereocenters. The van der Waals surface area contributed by atoms with E-state index in [9.17, 15) is 4.79 Å². The summed E-state index contributed by atoms with van der Waals surface area (Å²) in [6, 6.07) is 0. The Morgan fingerprint density at radius 1 is 1.47 bits per heavy atom. The Hall–Kier alpha value is -2.18. The standard InChI is InChI=1S/C10H13N5O2/c1-8-9(10(16)17)12-13-15(8)5-2-4-14-6-3-11-7-14/h3,6-7H,2,4-5H2,1H3,(H,16,17). The monoisotopic (exact) mass is 235 g/mol. The van der Waals surface area contributed by atoms with Gasteiger partial charge >= 0.3 is 5.97 Å². The number of aryl methyl sites for hydroxylation is 2. The Kier molecular flexibility index (Phi) is 3.17. The van der Waals surface area contributed by atoms with E-state index in [1.54, 1.807) is 24.1 Å². The lowest BCUT2D eigenvalue weighted by atomic mass is 10.3. The van der Waals surface area contributed by atoms with Gasteiger partial charge in [-0.1, -0.05) is 5.21 Å². The van der Waals surface area contributed by atoms with Crippen LogP contribution in [0.1, 0.15) is 22.6 Å². The topological polar surface area (TPSA) is 85.8 Å². The van der Waals surface area contributed by atoms with Crippen LogP contribution in [-0.4, -0.2) is 35.6 Å². The third kappa shape index (κ3) is 2.49. The normalized spacial score (nSPS) is 10.6. The fourth-order valence-electron chi connectivity index (χ4n) is 1.59. The van der Waals surface area contributed by atoms with E-state index in [2.05, 4.69) is 15.3 Å². The summed E-state index contributed by atoms with van der Waals surface area (Å²) in [7, 11) is 0. The summed E-state index contributed by atoms with van der Waals surface area (Å²) in [6.07, 6.45) is 6.20. The average Bonchev–Trinajstić information content (AvgIpc) is 2.89. The molecule has 0 saturated carbocycles. The molecule has 0 saturated heterocycles. The van der Waals surface area contributed by atoms with E-state index >= 15 is 0 Å². The quantitative estimate of drug-likeness (QED) is 0.818. The molecule has 2 heterocycles. The van der Waals surface area contributed by atoms with Crippen molar-refractivity contribution >= 4 is 5.97 Å². The van der Waals surface area contributed by atoms with Gasteiger partial charge in [-0.25, -0.2) is 14.5 Å². The molecule has 0 amide bonds. The molecule has 0 spiro atoms. The van der Waals surface area contributed by atoms with Crippen molar-refractivity contribution in [3.05, 3.63) is 30.1 Å². The van der Waals surface area contributed by atoms with E-state index in [1.165, 1.54) is 0 Å². The van der Waals surface area contributed by atoms with Crippen molar-refractivity contribution in [3.63, 3.8) is 0 Å². The second kappa shape index (κ2) is 4.77. The van der Waals surface area contributed by atoms with Crippen molar-refractivity contribution in [1.29, 1.82) is 0 Å². The Morgan fingerprint density at radius 2 is 2.29 bits per heavy atom. The van der Waals surface area contributed by atoms with Crippen LogP contribution in [0.3, 0.4) is 0 Å². The van der Waals surface area contributed by atoms with E-state index in [-0.39, 0.29) is 5.69 Å². The first kappa shape index (κ1) is 11.3. The fraction of sp³-hybridized carbons (Fsp3) is 0.400. The minimum atomic E-state index is -1.04. The predicted octanol–water partition coefficient (Wildman–Crippen LogP) is 0.572. The molecule has 0 aliphatic rings. The first-order valence-corrected chi connectivity index (χ1v) is 5.27. The molecule has 0 aliphatic carbocycles. The number of hydrogen-bond donors (Lipinski definition) is 1. The molecule has 7 nitrogen and oxygen atoms in total. The molecular weight excluding hydrogens is 222 g/mol. The zero-order valence-electron chi connectivity index (χ0n) is 9.44. The highest BCUT2D eigenvalue weighted by molar-refractivity contribution is 5.86. The van der Waals surface area contributed by atoms with Crippen LogP contribution in [0.4, 0.5) is 0 Å². The SMILES string of the molecule is Cc1c(C(=O)O)nnn1CCCn1ccnc1. The van der Waals surface area contributed by atoms with Crippen LogP contribution in [0, 0.1) is 6.92 Å². The maximum Gasteiger partial charge on any atom is 0.358 e. The third-order valence-corrected chi connectivity index (χ3v) is 2.53. The Balaban J connectivity index is 1.93. The van der Waals surface area contributed by atoms with Crippen LogP contribution in [0.2, 0.25) is 0 Å². The molecule has 2 rings (SSSR count). The highest BCUT2D eigenvalue weighted by atomic mass is 16.4. The highest BCUT2D eigenvalue weighted by Gasteiger charge is 2.14. The van der Waals surface area contributed by atoms with Crippen molar-refractivity contribution in [2.45, 2.75) is 26.4 Å². The summed E-state index contributed by atoms with van der Waals surface area (Å²) in [5.74, 6) is -1.04. The second-order valence-electron chi connectivity index (χ2n) is 3.71. The number of aromatic nitrogens is 5. The molecule has 2 aromatic heterocycles. The van der Waals surface area contributed by atoms with Gasteiger partial charge in [0.2, 0.25) is 0 Å².